The van der Waals surface area contributed by atoms with Crippen molar-refractivity contribution in [1.82, 2.24) is 5.32 Å². The Morgan fingerprint density at radius 3 is 2.13 bits per heavy atom. The van der Waals surface area contributed by atoms with Gasteiger partial charge in [-0.1, -0.05) is 24.3 Å². The molecule has 1 atom stereocenters. The van der Waals surface area contributed by atoms with Gasteiger partial charge in [0.15, 0.2) is 6.61 Å². The molecule has 0 fully saturated rings. The molecule has 0 spiro atoms. The normalized spacial score (nSPS) is 10.8. The topological polar surface area (TPSA) is 141 Å². The first-order valence-electron chi connectivity index (χ1n) is 8.99. The highest BCUT2D eigenvalue weighted by molar-refractivity contribution is 5.98. The molecule has 2 rings (SSSR count). The maximum atomic E-state index is 12.4. The summed E-state index contributed by atoms with van der Waals surface area (Å²) in [4.78, 5) is 35.0. The van der Waals surface area contributed by atoms with Crippen LogP contribution in [0.25, 0.3) is 0 Å². The number of halogens is 1. The molecule has 1 amide bonds. The molecule has 166 valence electrons. The largest absolute Gasteiger partial charge is 0.482 e. The molecule has 4 N–H and O–H groups in total. The Kier molecular flexibility index (Phi) is 10.0. The second-order valence-electron chi connectivity index (χ2n) is 6.23. The van der Waals surface area contributed by atoms with Crippen molar-refractivity contribution < 1.29 is 28.6 Å². The van der Waals surface area contributed by atoms with Crippen LogP contribution < -0.4 is 15.8 Å². The van der Waals surface area contributed by atoms with Gasteiger partial charge in [-0.2, -0.15) is 0 Å². The minimum atomic E-state index is -0.711. The molecule has 0 saturated heterocycles. The predicted octanol–water partition coefficient (Wildman–Crippen LogP) is 1.98. The Labute approximate surface area is 185 Å². The first-order chi connectivity index (χ1) is 14.3. The third-order valence-electron chi connectivity index (χ3n) is 4.05. The van der Waals surface area contributed by atoms with Gasteiger partial charge in [-0.05, 0) is 29.8 Å². The molecule has 0 bridgehead atoms. The zero-order valence-electron chi connectivity index (χ0n) is 17.0. The average Bonchev–Trinajstić information content (AvgIpc) is 2.74. The highest BCUT2D eigenvalue weighted by atomic mass is 35.5. The summed E-state index contributed by atoms with van der Waals surface area (Å²) >= 11 is 0. The summed E-state index contributed by atoms with van der Waals surface area (Å²) in [6, 6.07) is 12.9. The van der Waals surface area contributed by atoms with Gasteiger partial charge in [0.1, 0.15) is 17.7 Å². The van der Waals surface area contributed by atoms with Gasteiger partial charge in [-0.25, -0.2) is 4.79 Å². The van der Waals surface area contributed by atoms with E-state index in [9.17, 15) is 14.4 Å². The van der Waals surface area contributed by atoms with Crippen LogP contribution in [0.4, 0.5) is 0 Å². The number of nitrogens with one attached hydrogen (secondary N) is 2. The molecule has 31 heavy (non-hydrogen) atoms. The van der Waals surface area contributed by atoms with Crippen molar-refractivity contribution in [1.29, 1.82) is 5.41 Å². The number of hydrogen-bond acceptors (Lipinski definition) is 7. The lowest BCUT2D eigenvalue weighted by Crippen LogP contribution is -2.30. The van der Waals surface area contributed by atoms with E-state index in [4.69, 9.17) is 20.6 Å². The lowest BCUT2D eigenvalue weighted by molar-refractivity contribution is -0.146. The summed E-state index contributed by atoms with van der Waals surface area (Å²) in [7, 11) is 1.27. The molecule has 0 saturated carbocycles. The third kappa shape index (κ3) is 7.98. The Morgan fingerprint density at radius 2 is 1.61 bits per heavy atom. The van der Waals surface area contributed by atoms with E-state index in [0.29, 0.717) is 22.4 Å². The fraction of sp³-hybridized carbons (Fsp3) is 0.238. The molecule has 0 aliphatic rings. The van der Waals surface area contributed by atoms with E-state index in [1.807, 2.05) is 0 Å². The molecule has 0 aliphatic carbocycles. The average molecular weight is 450 g/mol. The van der Waals surface area contributed by atoms with E-state index in [1.165, 1.54) is 14.0 Å². The Hall–Kier alpha value is -3.59. The van der Waals surface area contributed by atoms with Gasteiger partial charge in [-0.3, -0.25) is 15.0 Å². The van der Waals surface area contributed by atoms with Crippen LogP contribution in [0.1, 0.15) is 34.5 Å². The summed E-state index contributed by atoms with van der Waals surface area (Å²) in [5.74, 6) is -1.00. The highest BCUT2D eigenvalue weighted by Gasteiger charge is 2.17. The number of ether oxygens (including phenoxy) is 3. The Balaban J connectivity index is 0.00000480. The van der Waals surface area contributed by atoms with E-state index in [2.05, 4.69) is 10.1 Å². The number of methoxy groups -OCH3 is 1. The first-order valence-corrected chi connectivity index (χ1v) is 8.99. The number of rotatable bonds is 9. The van der Waals surface area contributed by atoms with Gasteiger partial charge in [0.2, 0.25) is 0 Å². The number of carbonyl (C=O) groups excluding carboxylic acids is 3. The molecule has 0 heterocycles. The minimum Gasteiger partial charge on any atom is -0.482 e. The molecule has 0 aromatic heterocycles. The molecule has 0 aliphatic heterocycles. The number of amidine groups is 1. The fourth-order valence-electron chi connectivity index (χ4n) is 2.50. The summed E-state index contributed by atoms with van der Waals surface area (Å²) < 4.78 is 15.1. The van der Waals surface area contributed by atoms with Crippen molar-refractivity contribution in [3.63, 3.8) is 0 Å². The molecule has 10 heteroatoms. The number of esters is 2. The van der Waals surface area contributed by atoms with Crippen LogP contribution in [-0.4, -0.2) is 43.9 Å². The number of nitrogens with two attached hydrogens (primary N) is 1. The Morgan fingerprint density at radius 1 is 1.03 bits per heavy atom. The van der Waals surface area contributed by atoms with Crippen molar-refractivity contribution in [3.05, 3.63) is 65.2 Å². The third-order valence-corrected chi connectivity index (χ3v) is 4.05. The maximum absolute atomic E-state index is 12.4. The first kappa shape index (κ1) is 25.4. The molecule has 0 radical (unpaired) electrons. The lowest BCUT2D eigenvalue weighted by atomic mass is 10.1. The zero-order valence-corrected chi connectivity index (χ0v) is 17.9. The number of carbonyl (C=O) groups is 3. The van der Waals surface area contributed by atoms with Gasteiger partial charge >= 0.3 is 11.9 Å². The van der Waals surface area contributed by atoms with Gasteiger partial charge < -0.3 is 25.3 Å². The van der Waals surface area contributed by atoms with Gasteiger partial charge in [0.05, 0.1) is 13.7 Å². The number of hydrogen-bond donors (Lipinski definition) is 3. The monoisotopic (exact) mass is 449 g/mol. The predicted molar refractivity (Wildman–Crippen MR) is 115 cm³/mol. The molecule has 2 aromatic carbocycles. The van der Waals surface area contributed by atoms with Crippen LogP contribution in [0.5, 0.6) is 5.75 Å². The molecule has 9 nitrogen and oxygen atoms in total. The smallest absolute Gasteiger partial charge is 0.343 e. The van der Waals surface area contributed by atoms with Crippen molar-refractivity contribution in [2.75, 3.05) is 20.3 Å². The van der Waals surface area contributed by atoms with E-state index in [0.717, 1.165) is 0 Å². The van der Waals surface area contributed by atoms with Gasteiger partial charge in [0, 0.05) is 18.1 Å². The molecule has 2 aromatic rings. The second kappa shape index (κ2) is 12.2. The highest BCUT2D eigenvalue weighted by Crippen LogP contribution is 2.21. The summed E-state index contributed by atoms with van der Waals surface area (Å²) in [5, 5.41) is 10.1. The van der Waals surface area contributed by atoms with Crippen LogP contribution in [0.15, 0.2) is 48.5 Å². The van der Waals surface area contributed by atoms with E-state index >= 15 is 0 Å². The number of amides is 1. The summed E-state index contributed by atoms with van der Waals surface area (Å²) in [5.41, 5.74) is 6.94. The van der Waals surface area contributed by atoms with Crippen LogP contribution in [0, 0.1) is 5.41 Å². The van der Waals surface area contributed by atoms with Crippen LogP contribution >= 0.6 is 12.4 Å². The molecule has 0 unspecified atom stereocenters. The SMILES string of the molecule is COC(=O)COc1ccc([C@@H](CNC(=O)c2ccc(C(=N)N)cc2)OC(C)=O)cc1.Cl. The van der Waals surface area contributed by atoms with Crippen molar-refractivity contribution in [2.24, 2.45) is 5.73 Å². The molecular formula is C21H24ClN3O6. The van der Waals surface area contributed by atoms with E-state index in [1.54, 1.807) is 48.5 Å². The van der Waals surface area contributed by atoms with Gasteiger partial charge in [-0.15, -0.1) is 12.4 Å². The summed E-state index contributed by atoms with van der Waals surface area (Å²) in [6.07, 6.45) is -0.711. The molecular weight excluding hydrogens is 426 g/mol. The van der Waals surface area contributed by atoms with Crippen LogP contribution in [0.3, 0.4) is 0 Å². The standard InChI is InChI=1S/C21H23N3O6.ClH/c1-13(25)30-18(14-7-9-17(10-8-14)29-12-19(26)28-2)11-24-21(27)16-5-3-15(4-6-16)20(22)23;/h3-10,18H,11-12H2,1-2H3,(H3,22,23)(H,24,27);1H/t18-;/m1./s1. The number of benzene rings is 2. The van der Waals surface area contributed by atoms with Crippen molar-refractivity contribution in [3.8, 4) is 5.75 Å². The van der Waals surface area contributed by atoms with Gasteiger partial charge in [0.25, 0.3) is 5.91 Å². The Bertz CT molecular complexity index is 916. The zero-order chi connectivity index (χ0) is 22.1. The number of nitrogen functional groups attached to an aromatic ring is 1. The lowest BCUT2D eigenvalue weighted by Gasteiger charge is -2.18. The quantitative estimate of drug-likeness (QED) is 0.302. The summed E-state index contributed by atoms with van der Waals surface area (Å²) in [6.45, 7) is 1.11. The van der Waals surface area contributed by atoms with Crippen LogP contribution in [-0.2, 0) is 19.1 Å². The van der Waals surface area contributed by atoms with E-state index in [-0.39, 0.29) is 37.3 Å². The minimum absolute atomic E-state index is 0. The van der Waals surface area contributed by atoms with Crippen LogP contribution in [0.2, 0.25) is 0 Å². The van der Waals surface area contributed by atoms with Crippen molar-refractivity contribution in [2.45, 2.75) is 13.0 Å². The van der Waals surface area contributed by atoms with E-state index < -0.39 is 18.0 Å². The fourth-order valence-corrected chi connectivity index (χ4v) is 2.50. The van der Waals surface area contributed by atoms with Crippen molar-refractivity contribution >= 4 is 36.1 Å². The maximum Gasteiger partial charge on any atom is 0.343 e. The second-order valence-corrected chi connectivity index (χ2v) is 6.23.